The number of imidazole rings is 1. The second kappa shape index (κ2) is 8.28. The average molecular weight is 406 g/mol. The largest absolute Gasteiger partial charge is 0.497 e. The fourth-order valence-corrected chi connectivity index (χ4v) is 4.80. The monoisotopic (exact) mass is 405 g/mol. The molecule has 1 unspecified atom stereocenters. The molecule has 0 spiro atoms. The predicted molar refractivity (Wildman–Crippen MR) is 120 cm³/mol. The molecule has 0 N–H and O–H groups in total. The summed E-state index contributed by atoms with van der Waals surface area (Å²) in [6.45, 7) is 6.32. The van der Waals surface area contributed by atoms with Crippen LogP contribution in [0.3, 0.4) is 0 Å². The number of aromatic nitrogens is 2. The Morgan fingerprint density at radius 3 is 2.70 bits per heavy atom. The SMILES string of the molecule is COc1cccc(CN2CCN(C)C(c3cn4c(N5CCCC5)cccc4n3)C2)c1. The fraction of sp³-hybridized carbons (Fsp3) is 0.458. The molecule has 2 aliphatic heterocycles. The Kier molecular flexibility index (Phi) is 5.35. The van der Waals surface area contributed by atoms with Crippen molar-refractivity contribution in [2.75, 3.05) is 51.8 Å². The molecule has 5 rings (SSSR count). The number of hydrogen-bond acceptors (Lipinski definition) is 5. The van der Waals surface area contributed by atoms with Crippen molar-refractivity contribution in [1.82, 2.24) is 19.2 Å². The second-order valence-electron chi connectivity index (χ2n) is 8.56. The van der Waals surface area contributed by atoms with E-state index >= 15 is 0 Å². The van der Waals surface area contributed by atoms with Crippen LogP contribution in [0.15, 0.2) is 48.7 Å². The number of methoxy groups -OCH3 is 1. The van der Waals surface area contributed by atoms with Crippen LogP contribution in [0.5, 0.6) is 5.75 Å². The molecule has 0 radical (unpaired) electrons. The zero-order valence-corrected chi connectivity index (χ0v) is 18.0. The van der Waals surface area contributed by atoms with Crippen molar-refractivity contribution >= 4 is 11.5 Å². The van der Waals surface area contributed by atoms with E-state index in [0.29, 0.717) is 6.04 Å². The summed E-state index contributed by atoms with van der Waals surface area (Å²) in [6, 6.07) is 15.2. The number of likely N-dealkylation sites (N-methyl/N-ethyl adjacent to an activating group) is 1. The van der Waals surface area contributed by atoms with Crippen molar-refractivity contribution in [1.29, 1.82) is 0 Å². The number of piperazine rings is 1. The Hall–Kier alpha value is -2.57. The van der Waals surface area contributed by atoms with Gasteiger partial charge in [-0.2, -0.15) is 0 Å². The van der Waals surface area contributed by atoms with E-state index in [1.54, 1.807) is 7.11 Å². The molecule has 6 heteroatoms. The molecule has 0 bridgehead atoms. The molecule has 4 heterocycles. The van der Waals surface area contributed by atoms with E-state index in [0.717, 1.165) is 50.7 Å². The Balaban J connectivity index is 1.38. The summed E-state index contributed by atoms with van der Waals surface area (Å²) in [7, 11) is 3.95. The number of benzene rings is 1. The minimum atomic E-state index is 0.302. The number of nitrogens with zero attached hydrogens (tertiary/aromatic N) is 5. The van der Waals surface area contributed by atoms with Crippen LogP contribution in [-0.2, 0) is 6.54 Å². The highest BCUT2D eigenvalue weighted by Gasteiger charge is 2.28. The summed E-state index contributed by atoms with van der Waals surface area (Å²) in [5.74, 6) is 2.20. The first-order valence-corrected chi connectivity index (χ1v) is 11.0. The molecule has 0 saturated carbocycles. The van der Waals surface area contributed by atoms with E-state index in [9.17, 15) is 0 Å². The van der Waals surface area contributed by atoms with Gasteiger partial charge in [0.15, 0.2) is 0 Å². The lowest BCUT2D eigenvalue weighted by Crippen LogP contribution is -2.46. The maximum absolute atomic E-state index is 5.40. The molecule has 1 atom stereocenters. The van der Waals surface area contributed by atoms with Gasteiger partial charge in [-0.1, -0.05) is 18.2 Å². The number of rotatable bonds is 5. The van der Waals surface area contributed by atoms with E-state index in [1.165, 1.54) is 29.9 Å². The van der Waals surface area contributed by atoms with Gasteiger partial charge in [0, 0.05) is 45.5 Å². The van der Waals surface area contributed by atoms with Crippen LogP contribution in [0.25, 0.3) is 5.65 Å². The Morgan fingerprint density at radius 2 is 1.87 bits per heavy atom. The lowest BCUT2D eigenvalue weighted by atomic mass is 10.1. The van der Waals surface area contributed by atoms with E-state index in [1.807, 2.05) is 6.07 Å². The highest BCUT2D eigenvalue weighted by Crippen LogP contribution is 2.28. The molecule has 0 aliphatic carbocycles. The number of fused-ring (bicyclic) bond motifs is 1. The van der Waals surface area contributed by atoms with E-state index < -0.39 is 0 Å². The van der Waals surface area contributed by atoms with Crippen LogP contribution in [0, 0.1) is 0 Å². The van der Waals surface area contributed by atoms with Crippen LogP contribution in [0.4, 0.5) is 5.82 Å². The summed E-state index contributed by atoms with van der Waals surface area (Å²) in [5, 5.41) is 0. The molecule has 0 amide bonds. The van der Waals surface area contributed by atoms with Gasteiger partial charge in [-0.3, -0.25) is 14.2 Å². The van der Waals surface area contributed by atoms with Gasteiger partial charge in [-0.15, -0.1) is 0 Å². The average Bonchev–Trinajstić information content (AvgIpc) is 3.45. The van der Waals surface area contributed by atoms with Crippen molar-refractivity contribution in [3.63, 3.8) is 0 Å². The van der Waals surface area contributed by atoms with Crippen molar-refractivity contribution in [2.45, 2.75) is 25.4 Å². The smallest absolute Gasteiger partial charge is 0.138 e. The summed E-state index contributed by atoms with van der Waals surface area (Å²) in [6.07, 6.45) is 4.82. The minimum Gasteiger partial charge on any atom is -0.497 e. The zero-order chi connectivity index (χ0) is 20.5. The van der Waals surface area contributed by atoms with Gasteiger partial charge in [0.05, 0.1) is 18.8 Å². The highest BCUT2D eigenvalue weighted by atomic mass is 16.5. The van der Waals surface area contributed by atoms with Gasteiger partial charge in [0.1, 0.15) is 17.2 Å². The van der Waals surface area contributed by atoms with Gasteiger partial charge in [-0.25, -0.2) is 4.98 Å². The van der Waals surface area contributed by atoms with E-state index in [-0.39, 0.29) is 0 Å². The maximum atomic E-state index is 5.40. The fourth-order valence-electron chi connectivity index (χ4n) is 4.80. The number of pyridine rings is 1. The molecule has 2 aliphatic rings. The third-order valence-electron chi connectivity index (χ3n) is 6.53. The molecule has 30 heavy (non-hydrogen) atoms. The van der Waals surface area contributed by atoms with Gasteiger partial charge in [-0.05, 0) is 49.7 Å². The summed E-state index contributed by atoms with van der Waals surface area (Å²) in [5.41, 5.74) is 3.51. The molecule has 3 aromatic rings. The van der Waals surface area contributed by atoms with Crippen molar-refractivity contribution in [3.05, 3.63) is 59.9 Å². The lowest BCUT2D eigenvalue weighted by molar-refractivity contribution is 0.0885. The van der Waals surface area contributed by atoms with Crippen LogP contribution in [0.1, 0.15) is 30.1 Å². The van der Waals surface area contributed by atoms with E-state index in [4.69, 9.17) is 9.72 Å². The van der Waals surface area contributed by atoms with E-state index in [2.05, 4.69) is 68.7 Å². The van der Waals surface area contributed by atoms with Crippen molar-refractivity contribution in [3.8, 4) is 5.75 Å². The van der Waals surface area contributed by atoms with Gasteiger partial charge < -0.3 is 9.64 Å². The highest BCUT2D eigenvalue weighted by molar-refractivity contribution is 5.53. The minimum absolute atomic E-state index is 0.302. The Morgan fingerprint density at radius 1 is 1.03 bits per heavy atom. The second-order valence-corrected chi connectivity index (χ2v) is 8.56. The van der Waals surface area contributed by atoms with Crippen LogP contribution in [0.2, 0.25) is 0 Å². The van der Waals surface area contributed by atoms with Gasteiger partial charge >= 0.3 is 0 Å². The third kappa shape index (κ3) is 3.77. The third-order valence-corrected chi connectivity index (χ3v) is 6.53. The summed E-state index contributed by atoms with van der Waals surface area (Å²) >= 11 is 0. The topological polar surface area (TPSA) is 36.2 Å². The molecular formula is C24H31N5O. The molecule has 2 aromatic heterocycles. The summed E-state index contributed by atoms with van der Waals surface area (Å²) in [4.78, 5) is 12.5. The number of ether oxygens (including phenoxy) is 1. The standard InChI is InChI=1S/C24H31N5O/c1-26-13-14-27(16-19-7-5-8-20(15-19)30-2)18-22(26)21-17-29-23(25-21)9-6-10-24(29)28-11-3-4-12-28/h5-10,15,17,22H,3-4,11-14,16,18H2,1-2H3. The Labute approximate surface area is 178 Å². The molecular weight excluding hydrogens is 374 g/mol. The molecule has 1 aromatic carbocycles. The Bertz CT molecular complexity index is 1010. The molecule has 2 saturated heterocycles. The van der Waals surface area contributed by atoms with Crippen LogP contribution in [-0.4, -0.2) is 66.1 Å². The summed E-state index contributed by atoms with van der Waals surface area (Å²) < 4.78 is 7.68. The van der Waals surface area contributed by atoms with Gasteiger partial charge in [0.2, 0.25) is 0 Å². The first kappa shape index (κ1) is 19.4. The quantitative estimate of drug-likeness (QED) is 0.650. The number of hydrogen-bond donors (Lipinski definition) is 0. The maximum Gasteiger partial charge on any atom is 0.138 e. The zero-order valence-electron chi connectivity index (χ0n) is 18.0. The number of anilines is 1. The lowest BCUT2D eigenvalue weighted by Gasteiger charge is -2.38. The van der Waals surface area contributed by atoms with Crippen molar-refractivity contribution < 1.29 is 4.74 Å². The molecule has 2 fully saturated rings. The first-order valence-electron chi connectivity index (χ1n) is 11.0. The molecule has 6 nitrogen and oxygen atoms in total. The van der Waals surface area contributed by atoms with Crippen molar-refractivity contribution in [2.24, 2.45) is 0 Å². The molecule has 158 valence electrons. The van der Waals surface area contributed by atoms with Crippen LogP contribution < -0.4 is 9.64 Å². The predicted octanol–water partition coefficient (Wildman–Crippen LogP) is 3.43. The first-order chi connectivity index (χ1) is 14.7. The normalized spacial score (nSPS) is 20.9. The van der Waals surface area contributed by atoms with Crippen LogP contribution >= 0.6 is 0 Å². The van der Waals surface area contributed by atoms with Gasteiger partial charge in [0.25, 0.3) is 0 Å².